The van der Waals surface area contributed by atoms with E-state index in [2.05, 4.69) is 16.0 Å². The third kappa shape index (κ3) is 2.59. The Hall–Kier alpha value is -3.15. The molecule has 3 aromatic rings. The molecule has 1 fully saturated rings. The molecule has 1 aromatic heterocycles. The van der Waals surface area contributed by atoms with Crippen molar-refractivity contribution in [2.45, 2.75) is 37.6 Å². The number of hydrogen-bond acceptors (Lipinski definition) is 3. The fourth-order valence-corrected chi connectivity index (χ4v) is 5.02. The van der Waals surface area contributed by atoms with Crippen LogP contribution in [0.4, 0.5) is 0 Å². The van der Waals surface area contributed by atoms with Crippen LogP contribution in [-0.4, -0.2) is 39.3 Å². The molecule has 142 valence electrons. The van der Waals surface area contributed by atoms with Crippen molar-refractivity contribution in [3.8, 4) is 0 Å². The number of aromatic amines is 1. The summed E-state index contributed by atoms with van der Waals surface area (Å²) in [5, 5.41) is 0. The molecule has 1 saturated heterocycles. The number of rotatable bonds is 2. The molecule has 0 spiro atoms. The molecule has 2 aliphatic rings. The number of nitrogens with two attached hydrogens (primary N) is 1. The van der Waals surface area contributed by atoms with Crippen LogP contribution in [0.15, 0.2) is 42.7 Å². The van der Waals surface area contributed by atoms with Gasteiger partial charge in [-0.05, 0) is 61.1 Å². The molecule has 2 aromatic carbocycles. The molecule has 0 radical (unpaired) electrons. The summed E-state index contributed by atoms with van der Waals surface area (Å²) in [6, 6.07) is 11.5. The SMILES string of the molecule is NC(=O)c1cccc2c1[C@@H]1CCCN(C(=O)c3ccc4[nH]cnc4c3)[C@@H]1CC2. The Morgan fingerprint density at radius 2 is 2.07 bits per heavy atom. The quantitative estimate of drug-likeness (QED) is 0.722. The van der Waals surface area contributed by atoms with Crippen LogP contribution in [0.5, 0.6) is 0 Å². The van der Waals surface area contributed by atoms with Crippen molar-refractivity contribution in [2.75, 3.05) is 6.54 Å². The van der Waals surface area contributed by atoms with E-state index in [1.54, 1.807) is 6.33 Å². The molecule has 3 N–H and O–H groups in total. The van der Waals surface area contributed by atoms with E-state index in [1.165, 1.54) is 5.56 Å². The number of piperidine rings is 1. The van der Waals surface area contributed by atoms with Crippen molar-refractivity contribution in [1.29, 1.82) is 0 Å². The van der Waals surface area contributed by atoms with Gasteiger partial charge in [0.25, 0.3) is 5.91 Å². The minimum Gasteiger partial charge on any atom is -0.366 e. The number of likely N-dealkylation sites (tertiary alicyclic amines) is 1. The van der Waals surface area contributed by atoms with Crippen LogP contribution in [-0.2, 0) is 6.42 Å². The zero-order valence-corrected chi connectivity index (χ0v) is 15.5. The Morgan fingerprint density at radius 3 is 2.93 bits per heavy atom. The zero-order valence-electron chi connectivity index (χ0n) is 15.5. The Kier molecular flexibility index (Phi) is 3.93. The van der Waals surface area contributed by atoms with E-state index in [4.69, 9.17) is 5.73 Å². The smallest absolute Gasteiger partial charge is 0.254 e. The van der Waals surface area contributed by atoms with Crippen LogP contribution in [0.1, 0.15) is 57.0 Å². The van der Waals surface area contributed by atoms with Crippen molar-refractivity contribution in [3.63, 3.8) is 0 Å². The third-order valence-corrected chi connectivity index (χ3v) is 6.25. The Bertz CT molecular complexity index is 1090. The lowest BCUT2D eigenvalue weighted by molar-refractivity contribution is 0.0546. The normalized spacial score (nSPS) is 21.2. The Balaban J connectivity index is 1.51. The van der Waals surface area contributed by atoms with Gasteiger partial charge in [-0.15, -0.1) is 0 Å². The fourth-order valence-electron chi connectivity index (χ4n) is 5.02. The van der Waals surface area contributed by atoms with Crippen LogP contribution < -0.4 is 5.73 Å². The molecule has 6 heteroatoms. The predicted octanol–water partition coefficient (Wildman–Crippen LogP) is 3.00. The van der Waals surface area contributed by atoms with E-state index in [1.807, 2.05) is 35.2 Å². The highest BCUT2D eigenvalue weighted by molar-refractivity contribution is 5.98. The Morgan fingerprint density at radius 1 is 1.18 bits per heavy atom. The number of amides is 2. The van der Waals surface area contributed by atoms with E-state index in [9.17, 15) is 9.59 Å². The van der Waals surface area contributed by atoms with Gasteiger partial charge < -0.3 is 15.6 Å². The predicted molar refractivity (Wildman–Crippen MR) is 106 cm³/mol. The highest BCUT2D eigenvalue weighted by Gasteiger charge is 2.40. The van der Waals surface area contributed by atoms with Gasteiger partial charge in [0.1, 0.15) is 0 Å². The number of nitrogens with one attached hydrogen (secondary N) is 1. The second-order valence-electron chi connectivity index (χ2n) is 7.73. The highest BCUT2D eigenvalue weighted by Crippen LogP contribution is 2.42. The van der Waals surface area contributed by atoms with Gasteiger partial charge in [0.05, 0.1) is 17.4 Å². The maximum atomic E-state index is 13.3. The first kappa shape index (κ1) is 17.0. The van der Waals surface area contributed by atoms with Gasteiger partial charge in [-0.2, -0.15) is 0 Å². The van der Waals surface area contributed by atoms with Gasteiger partial charge in [0.15, 0.2) is 0 Å². The molecule has 2 amide bonds. The molecule has 1 aliphatic heterocycles. The van der Waals surface area contributed by atoms with Crippen LogP contribution in [0, 0.1) is 0 Å². The largest absolute Gasteiger partial charge is 0.366 e. The minimum absolute atomic E-state index is 0.0413. The van der Waals surface area contributed by atoms with Crippen LogP contribution >= 0.6 is 0 Å². The van der Waals surface area contributed by atoms with Crippen molar-refractivity contribution in [2.24, 2.45) is 5.73 Å². The molecule has 28 heavy (non-hydrogen) atoms. The monoisotopic (exact) mass is 374 g/mol. The summed E-state index contributed by atoms with van der Waals surface area (Å²) in [7, 11) is 0. The molecule has 6 nitrogen and oxygen atoms in total. The number of nitrogens with zero attached hydrogens (tertiary/aromatic N) is 2. The second kappa shape index (κ2) is 6.48. The molecule has 0 unspecified atom stereocenters. The third-order valence-electron chi connectivity index (χ3n) is 6.25. The van der Waals surface area contributed by atoms with Crippen molar-refractivity contribution in [1.82, 2.24) is 14.9 Å². The summed E-state index contributed by atoms with van der Waals surface area (Å²) in [5.74, 6) is -0.177. The molecule has 2 heterocycles. The van der Waals surface area contributed by atoms with Crippen molar-refractivity contribution in [3.05, 3.63) is 65.0 Å². The highest BCUT2D eigenvalue weighted by atomic mass is 16.2. The molecule has 1 aliphatic carbocycles. The lowest BCUT2D eigenvalue weighted by atomic mass is 9.72. The number of carbonyl (C=O) groups excluding carboxylic acids is 2. The summed E-state index contributed by atoms with van der Waals surface area (Å²) in [6.45, 7) is 0.743. The van der Waals surface area contributed by atoms with Gasteiger partial charge in [0.2, 0.25) is 5.91 Å². The van der Waals surface area contributed by atoms with Gasteiger partial charge in [-0.25, -0.2) is 4.98 Å². The number of imidazole rings is 1. The van der Waals surface area contributed by atoms with Gasteiger partial charge in [-0.3, -0.25) is 9.59 Å². The number of carbonyl (C=O) groups is 2. The number of H-pyrrole nitrogens is 1. The summed E-state index contributed by atoms with van der Waals surface area (Å²) in [6.07, 6.45) is 5.31. The first-order valence-electron chi connectivity index (χ1n) is 9.79. The molecular weight excluding hydrogens is 352 g/mol. The maximum Gasteiger partial charge on any atom is 0.254 e. The van der Waals surface area contributed by atoms with Gasteiger partial charge >= 0.3 is 0 Å². The van der Waals surface area contributed by atoms with E-state index in [0.717, 1.165) is 48.8 Å². The lowest BCUT2D eigenvalue weighted by Crippen LogP contribution is -2.49. The first-order valence-corrected chi connectivity index (χ1v) is 9.79. The average molecular weight is 374 g/mol. The summed E-state index contributed by atoms with van der Waals surface area (Å²) in [4.78, 5) is 34.7. The van der Waals surface area contributed by atoms with E-state index >= 15 is 0 Å². The zero-order chi connectivity index (χ0) is 19.3. The molecule has 5 rings (SSSR count). The summed E-state index contributed by atoms with van der Waals surface area (Å²) >= 11 is 0. The van der Waals surface area contributed by atoms with Gasteiger partial charge in [-0.1, -0.05) is 12.1 Å². The summed E-state index contributed by atoms with van der Waals surface area (Å²) < 4.78 is 0. The number of fused-ring (bicyclic) bond motifs is 4. The fraction of sp³-hybridized carbons (Fsp3) is 0.318. The Labute approximate surface area is 162 Å². The summed E-state index contributed by atoms with van der Waals surface area (Å²) in [5.41, 5.74) is 10.9. The average Bonchev–Trinajstić information content (AvgIpc) is 3.20. The number of primary amides is 1. The van der Waals surface area contributed by atoms with Crippen LogP contribution in [0.25, 0.3) is 11.0 Å². The number of aryl methyl sites for hydroxylation is 1. The maximum absolute atomic E-state index is 13.3. The van der Waals surface area contributed by atoms with E-state index < -0.39 is 0 Å². The molecule has 0 bridgehead atoms. The topological polar surface area (TPSA) is 92.1 Å². The minimum atomic E-state index is -0.384. The van der Waals surface area contributed by atoms with E-state index in [0.29, 0.717) is 11.1 Å². The number of hydrogen-bond donors (Lipinski definition) is 2. The van der Waals surface area contributed by atoms with Gasteiger partial charge in [0, 0.05) is 29.6 Å². The first-order chi connectivity index (χ1) is 13.6. The number of aromatic nitrogens is 2. The molecular formula is C22H22N4O2. The van der Waals surface area contributed by atoms with E-state index in [-0.39, 0.29) is 23.8 Å². The molecule has 0 saturated carbocycles. The molecule has 2 atom stereocenters. The lowest BCUT2D eigenvalue weighted by Gasteiger charge is -2.45. The van der Waals surface area contributed by atoms with Crippen LogP contribution in [0.3, 0.4) is 0 Å². The number of benzene rings is 2. The van der Waals surface area contributed by atoms with Crippen LogP contribution in [0.2, 0.25) is 0 Å². The standard InChI is InChI=1S/C22H22N4O2/c23-21(27)16-4-1-3-13-7-9-19-15(20(13)16)5-2-10-26(19)22(28)14-6-8-17-18(11-14)25-12-24-17/h1,3-4,6,8,11-12,15,19H,2,5,7,9-10H2,(H2,23,27)(H,24,25)/t15-,19-/m1/s1. The second-order valence-corrected chi connectivity index (χ2v) is 7.73. The van der Waals surface area contributed by atoms with Crippen molar-refractivity contribution >= 4 is 22.8 Å². The van der Waals surface area contributed by atoms with Crippen molar-refractivity contribution < 1.29 is 9.59 Å².